The Bertz CT molecular complexity index is 1570. The first-order valence-corrected chi connectivity index (χ1v) is 14.5. The van der Waals surface area contributed by atoms with Gasteiger partial charge in [0.25, 0.3) is 0 Å². The molecular formula is C31H35N7O6. The van der Waals surface area contributed by atoms with E-state index in [1.165, 1.54) is 9.80 Å². The normalized spacial score (nSPS) is 20.6. The first kappa shape index (κ1) is 30.4. The van der Waals surface area contributed by atoms with E-state index in [0.29, 0.717) is 31.5 Å². The summed E-state index contributed by atoms with van der Waals surface area (Å²) >= 11 is 0. The van der Waals surface area contributed by atoms with Crippen LogP contribution in [0, 0.1) is 18.4 Å². The van der Waals surface area contributed by atoms with Gasteiger partial charge in [0.1, 0.15) is 24.0 Å². The van der Waals surface area contributed by atoms with Crippen molar-refractivity contribution in [1.82, 2.24) is 20.4 Å². The number of guanidine groups is 1. The number of benzene rings is 2. The van der Waals surface area contributed by atoms with Crippen LogP contribution >= 0.6 is 0 Å². The molecule has 3 heterocycles. The van der Waals surface area contributed by atoms with Crippen LogP contribution in [0.25, 0.3) is 11.0 Å². The maximum absolute atomic E-state index is 13.5. The van der Waals surface area contributed by atoms with Gasteiger partial charge in [-0.1, -0.05) is 30.3 Å². The summed E-state index contributed by atoms with van der Waals surface area (Å²) in [7, 11) is 0. The van der Waals surface area contributed by atoms with E-state index >= 15 is 0 Å². The molecule has 230 valence electrons. The number of alkyl carbamates (subject to hydrolysis) is 1. The van der Waals surface area contributed by atoms with Gasteiger partial charge in [0.15, 0.2) is 6.19 Å². The van der Waals surface area contributed by atoms with Crippen molar-refractivity contribution in [2.75, 3.05) is 31.5 Å². The first-order chi connectivity index (χ1) is 21.3. The number of aliphatic imine (C=N–C) groups is 1. The molecule has 13 heteroatoms. The van der Waals surface area contributed by atoms with Gasteiger partial charge in [0.2, 0.25) is 17.8 Å². The smallest absolute Gasteiger partial charge is 0.407 e. The highest BCUT2D eigenvalue weighted by Gasteiger charge is 2.37. The topological polar surface area (TPSA) is 173 Å². The van der Waals surface area contributed by atoms with Gasteiger partial charge in [-0.3, -0.25) is 14.9 Å². The van der Waals surface area contributed by atoms with E-state index in [-0.39, 0.29) is 44.0 Å². The molecule has 2 aromatic carbocycles. The fraction of sp³-hybridized carbons (Fsp3) is 0.387. The van der Waals surface area contributed by atoms with Gasteiger partial charge in [-0.05, 0) is 56.0 Å². The molecule has 0 spiro atoms. The number of anilines is 1. The Hall–Kier alpha value is -5.09. The van der Waals surface area contributed by atoms with Gasteiger partial charge in [0.05, 0.1) is 18.7 Å². The summed E-state index contributed by atoms with van der Waals surface area (Å²) in [4.78, 5) is 46.4. The van der Waals surface area contributed by atoms with Gasteiger partial charge in [-0.15, -0.1) is 0 Å². The van der Waals surface area contributed by atoms with Crippen molar-refractivity contribution in [2.45, 2.75) is 51.0 Å². The zero-order chi connectivity index (χ0) is 31.1. The van der Waals surface area contributed by atoms with Crippen molar-refractivity contribution in [3.8, 4) is 6.19 Å². The van der Waals surface area contributed by atoms with E-state index in [1.807, 2.05) is 61.6 Å². The minimum Gasteiger partial charge on any atom is -0.461 e. The lowest BCUT2D eigenvalue weighted by atomic mass is 10.1. The fourth-order valence-corrected chi connectivity index (χ4v) is 5.37. The third-order valence-corrected chi connectivity index (χ3v) is 7.60. The molecular weight excluding hydrogens is 566 g/mol. The number of furan rings is 1. The lowest BCUT2D eigenvalue weighted by molar-refractivity contribution is -0.140. The Morgan fingerprint density at radius 1 is 1.16 bits per heavy atom. The summed E-state index contributed by atoms with van der Waals surface area (Å²) in [6, 6.07) is 15.1. The average molecular weight is 602 g/mol. The summed E-state index contributed by atoms with van der Waals surface area (Å²) < 4.78 is 10.9. The van der Waals surface area contributed by atoms with Crippen molar-refractivity contribution >= 4 is 40.5 Å². The number of carbonyl (C=O) groups is 3. The Balaban J connectivity index is 1.18. The minimum absolute atomic E-state index is 0.0206. The summed E-state index contributed by atoms with van der Waals surface area (Å²) in [5, 5.41) is 28.9. The molecule has 0 aliphatic carbocycles. The Morgan fingerprint density at radius 2 is 1.98 bits per heavy atom. The molecule has 2 fully saturated rings. The molecule has 2 unspecified atom stereocenters. The number of hydrogen-bond donors (Lipinski definition) is 4. The van der Waals surface area contributed by atoms with Crippen molar-refractivity contribution in [3.63, 3.8) is 0 Å². The monoisotopic (exact) mass is 601 g/mol. The second-order valence-electron chi connectivity index (χ2n) is 10.9. The zero-order valence-electron chi connectivity index (χ0n) is 24.4. The van der Waals surface area contributed by atoms with Crippen molar-refractivity contribution in [3.05, 3.63) is 65.9 Å². The number of β-amino-alcohol motifs (C(OH)–C–C–N with tert-alkyl or cyclic N) is 1. The number of fused-ring (bicyclic) bond motifs is 1. The molecule has 0 radical (unpaired) electrons. The number of hydrogen-bond acceptors (Lipinski definition) is 8. The third kappa shape index (κ3) is 7.64. The highest BCUT2D eigenvalue weighted by Crippen LogP contribution is 2.23. The van der Waals surface area contributed by atoms with Crippen molar-refractivity contribution < 1.29 is 28.6 Å². The van der Waals surface area contributed by atoms with Crippen LogP contribution in [0.4, 0.5) is 10.5 Å². The number of amides is 3. The van der Waals surface area contributed by atoms with Crippen LogP contribution < -0.4 is 16.0 Å². The molecule has 0 bridgehead atoms. The number of aliphatic hydroxyl groups excluding tert-OH is 1. The SMILES string of the molecule is Cc1cc2cc(NC(=N[C@H]3CCCCN(CC(=O)N4CC(O)C(NC(=O)OCc5ccccc5)C4)C3=O)NC#N)ccc2o1. The number of aryl methyl sites for hydroxylation is 1. The Morgan fingerprint density at radius 3 is 2.77 bits per heavy atom. The lowest BCUT2D eigenvalue weighted by Crippen LogP contribution is -2.46. The van der Waals surface area contributed by atoms with Gasteiger partial charge in [-0.2, -0.15) is 5.26 Å². The molecule has 3 amide bonds. The number of ether oxygens (including phenoxy) is 1. The highest BCUT2D eigenvalue weighted by atomic mass is 16.5. The molecule has 3 atom stereocenters. The summed E-state index contributed by atoms with van der Waals surface area (Å²) in [5.41, 5.74) is 2.22. The Labute approximate surface area is 254 Å². The van der Waals surface area contributed by atoms with Crippen LogP contribution in [0.15, 0.2) is 64.0 Å². The molecule has 0 saturated carbocycles. The number of rotatable bonds is 7. The highest BCUT2D eigenvalue weighted by molar-refractivity contribution is 5.98. The van der Waals surface area contributed by atoms with Gasteiger partial charge in [-0.25, -0.2) is 9.79 Å². The predicted octanol–water partition coefficient (Wildman–Crippen LogP) is 2.46. The predicted molar refractivity (Wildman–Crippen MR) is 161 cm³/mol. The van der Waals surface area contributed by atoms with E-state index in [0.717, 1.165) is 22.3 Å². The van der Waals surface area contributed by atoms with Gasteiger partial charge in [0, 0.05) is 30.7 Å². The summed E-state index contributed by atoms with van der Waals surface area (Å²) in [6.45, 7) is 2.24. The molecule has 5 rings (SSSR count). The van der Waals surface area contributed by atoms with E-state index in [4.69, 9.17) is 9.15 Å². The number of aliphatic hydroxyl groups is 1. The van der Waals surface area contributed by atoms with E-state index in [9.17, 15) is 24.8 Å². The lowest BCUT2D eigenvalue weighted by Gasteiger charge is -2.25. The molecule has 1 aromatic heterocycles. The van der Waals surface area contributed by atoms with Crippen LogP contribution in [-0.4, -0.2) is 83.1 Å². The van der Waals surface area contributed by atoms with Crippen LogP contribution in [0.5, 0.6) is 0 Å². The molecule has 2 aliphatic rings. The minimum atomic E-state index is -0.976. The number of likely N-dealkylation sites (tertiary alicyclic amines) is 2. The van der Waals surface area contributed by atoms with Crippen molar-refractivity contribution in [2.24, 2.45) is 4.99 Å². The molecule has 3 aromatic rings. The molecule has 2 aliphatic heterocycles. The van der Waals surface area contributed by atoms with Crippen LogP contribution in [-0.2, 0) is 20.9 Å². The quantitative estimate of drug-likeness (QED) is 0.137. The average Bonchev–Trinajstić information content (AvgIpc) is 3.52. The molecule has 44 heavy (non-hydrogen) atoms. The first-order valence-electron chi connectivity index (χ1n) is 14.5. The van der Waals surface area contributed by atoms with E-state index < -0.39 is 24.3 Å². The van der Waals surface area contributed by atoms with E-state index in [2.05, 4.69) is 20.9 Å². The summed E-state index contributed by atoms with van der Waals surface area (Å²) in [6.07, 6.45) is 2.06. The summed E-state index contributed by atoms with van der Waals surface area (Å²) in [5.74, 6) is 0.224. The van der Waals surface area contributed by atoms with E-state index in [1.54, 1.807) is 6.07 Å². The van der Waals surface area contributed by atoms with Crippen LogP contribution in [0.1, 0.15) is 30.6 Å². The molecule has 13 nitrogen and oxygen atoms in total. The number of nitrogens with one attached hydrogen (secondary N) is 3. The molecule has 4 N–H and O–H groups in total. The fourth-order valence-electron chi connectivity index (χ4n) is 5.37. The van der Waals surface area contributed by atoms with Crippen molar-refractivity contribution in [1.29, 1.82) is 5.26 Å². The van der Waals surface area contributed by atoms with Crippen LogP contribution in [0.3, 0.4) is 0 Å². The maximum atomic E-state index is 13.5. The zero-order valence-corrected chi connectivity index (χ0v) is 24.4. The number of nitriles is 1. The Kier molecular flexibility index (Phi) is 9.61. The van der Waals surface area contributed by atoms with Crippen LogP contribution in [0.2, 0.25) is 0 Å². The van der Waals surface area contributed by atoms with Gasteiger partial charge < -0.3 is 34.7 Å². The second-order valence-corrected chi connectivity index (χ2v) is 10.9. The third-order valence-electron chi connectivity index (χ3n) is 7.60. The number of carbonyl (C=O) groups excluding carboxylic acids is 3. The number of nitrogens with zero attached hydrogens (tertiary/aromatic N) is 4. The molecule has 2 saturated heterocycles. The second kappa shape index (κ2) is 13.9. The van der Waals surface area contributed by atoms with Gasteiger partial charge >= 0.3 is 6.09 Å². The standard InChI is InChI=1S/C31H35N7O6/c1-20-13-22-14-23(10-11-27(22)44-20)34-30(33-19-32)35-24-9-5-6-12-37(29(24)41)17-28(40)38-15-25(26(39)16-38)36-31(42)43-18-21-7-3-2-4-8-21/h2-4,7-8,10-11,13-14,24-26,39H,5-6,9,12,15-18H2,1H3,(H,36,42)(H2,33,34,35)/t24-,25?,26?/m0/s1. The maximum Gasteiger partial charge on any atom is 0.407 e. The largest absolute Gasteiger partial charge is 0.461 e.